The zero-order valence-electron chi connectivity index (χ0n) is 13.3. The van der Waals surface area contributed by atoms with E-state index in [2.05, 4.69) is 29.2 Å². The minimum Gasteiger partial charge on any atom is -0.369 e. The van der Waals surface area contributed by atoms with Gasteiger partial charge in [0.05, 0.1) is 0 Å². The van der Waals surface area contributed by atoms with E-state index in [1.54, 1.807) is 0 Å². The fraction of sp³-hybridized carbons (Fsp3) is 0.588. The second-order valence-corrected chi connectivity index (χ2v) is 5.62. The summed E-state index contributed by atoms with van der Waals surface area (Å²) in [6, 6.07) is 10.7. The van der Waals surface area contributed by atoms with Crippen LogP contribution >= 0.6 is 0 Å². The second kappa shape index (κ2) is 7.46. The lowest BCUT2D eigenvalue weighted by Crippen LogP contribution is -2.51. The minimum atomic E-state index is -0.355. The van der Waals surface area contributed by atoms with Crippen LogP contribution < -0.4 is 4.90 Å². The van der Waals surface area contributed by atoms with Gasteiger partial charge in [0.15, 0.2) is 0 Å². The average Bonchev–Trinajstić information content (AvgIpc) is 2.54. The van der Waals surface area contributed by atoms with Crippen molar-refractivity contribution in [1.82, 2.24) is 4.90 Å². The second-order valence-electron chi connectivity index (χ2n) is 5.62. The first kappa shape index (κ1) is 15.8. The Balaban J connectivity index is 1.99. The smallest absolute Gasteiger partial charge is 0.251 e. The molecule has 0 bridgehead atoms. The Bertz CT molecular complexity index is 449. The van der Waals surface area contributed by atoms with Gasteiger partial charge in [-0.3, -0.25) is 4.79 Å². The highest BCUT2D eigenvalue weighted by Crippen LogP contribution is 2.22. The maximum Gasteiger partial charge on any atom is 0.251 e. The Morgan fingerprint density at radius 3 is 2.81 bits per heavy atom. The van der Waals surface area contributed by atoms with Crippen molar-refractivity contribution in [1.29, 1.82) is 0 Å². The molecule has 1 aromatic rings. The number of hydrogen-bond donors (Lipinski definition) is 0. The third-order valence-electron chi connectivity index (χ3n) is 4.18. The molecule has 4 heteroatoms. The summed E-state index contributed by atoms with van der Waals surface area (Å²) in [7, 11) is 1.90. The summed E-state index contributed by atoms with van der Waals surface area (Å²) in [5.74, 6) is 0.0803. The number of para-hydroxylation sites is 1. The number of carbonyl (C=O) groups excluding carboxylic acids is 1. The van der Waals surface area contributed by atoms with E-state index >= 15 is 0 Å². The first-order valence-corrected chi connectivity index (χ1v) is 7.81. The number of benzene rings is 1. The molecular weight excluding hydrogens is 264 g/mol. The summed E-state index contributed by atoms with van der Waals surface area (Å²) in [4.78, 5) is 16.6. The first-order valence-electron chi connectivity index (χ1n) is 7.81. The Morgan fingerprint density at radius 2 is 2.14 bits per heavy atom. The number of amides is 1. The molecule has 4 nitrogen and oxygen atoms in total. The third kappa shape index (κ3) is 3.97. The number of ether oxygens (including phenoxy) is 1. The van der Waals surface area contributed by atoms with Crippen LogP contribution in [0.3, 0.4) is 0 Å². The molecule has 1 saturated heterocycles. The van der Waals surface area contributed by atoms with Crippen LogP contribution in [0.5, 0.6) is 0 Å². The molecule has 1 aliphatic heterocycles. The summed E-state index contributed by atoms with van der Waals surface area (Å²) >= 11 is 0. The molecule has 1 heterocycles. The van der Waals surface area contributed by atoms with Gasteiger partial charge in [0, 0.05) is 38.5 Å². The van der Waals surface area contributed by atoms with Crippen molar-refractivity contribution in [2.45, 2.75) is 38.8 Å². The number of nitrogens with zero attached hydrogens (tertiary/aromatic N) is 2. The zero-order valence-corrected chi connectivity index (χ0v) is 13.3. The highest BCUT2D eigenvalue weighted by molar-refractivity contribution is 5.80. The van der Waals surface area contributed by atoms with Gasteiger partial charge in [0.25, 0.3) is 5.91 Å². The van der Waals surface area contributed by atoms with Crippen LogP contribution in [0.2, 0.25) is 0 Å². The van der Waals surface area contributed by atoms with E-state index in [9.17, 15) is 4.79 Å². The lowest BCUT2D eigenvalue weighted by Gasteiger charge is -2.39. The van der Waals surface area contributed by atoms with Crippen LogP contribution in [0.4, 0.5) is 5.69 Å². The van der Waals surface area contributed by atoms with Gasteiger partial charge in [0.1, 0.15) is 6.10 Å². The topological polar surface area (TPSA) is 32.8 Å². The molecule has 2 rings (SSSR count). The van der Waals surface area contributed by atoms with Crippen molar-refractivity contribution in [3.05, 3.63) is 30.3 Å². The summed E-state index contributed by atoms with van der Waals surface area (Å²) in [6.45, 7) is 6.28. The molecule has 0 saturated carbocycles. The number of likely N-dealkylation sites (N-methyl/N-ethyl adjacent to an activating group) is 1. The summed E-state index contributed by atoms with van der Waals surface area (Å²) in [5.41, 5.74) is 1.24. The van der Waals surface area contributed by atoms with E-state index in [4.69, 9.17) is 4.74 Å². The Labute approximate surface area is 127 Å². The zero-order chi connectivity index (χ0) is 15.2. The van der Waals surface area contributed by atoms with Crippen LogP contribution in [0.1, 0.15) is 26.7 Å². The average molecular weight is 290 g/mol. The Morgan fingerprint density at radius 1 is 1.43 bits per heavy atom. The standard InChI is InChI=1S/C17H26N2O2/c1-4-21-14(2)17(20)18(3)16-11-8-12-19(13-16)15-9-6-5-7-10-15/h5-7,9-10,14,16H,4,8,11-13H2,1-3H3/t14-,16+/m1/s1. The van der Waals surface area contributed by atoms with Gasteiger partial charge in [-0.15, -0.1) is 0 Å². The number of hydrogen-bond acceptors (Lipinski definition) is 3. The molecule has 0 aliphatic carbocycles. The molecular formula is C17H26N2O2. The monoisotopic (exact) mass is 290 g/mol. The Kier molecular flexibility index (Phi) is 5.62. The first-order chi connectivity index (χ1) is 10.1. The molecule has 1 amide bonds. The number of piperidine rings is 1. The maximum absolute atomic E-state index is 12.4. The van der Waals surface area contributed by atoms with E-state index < -0.39 is 0 Å². The van der Waals surface area contributed by atoms with Crippen molar-refractivity contribution in [3.63, 3.8) is 0 Å². The molecule has 1 fully saturated rings. The van der Waals surface area contributed by atoms with E-state index in [-0.39, 0.29) is 18.1 Å². The van der Waals surface area contributed by atoms with Crippen LogP contribution in [0, 0.1) is 0 Å². The quantitative estimate of drug-likeness (QED) is 0.835. The number of carbonyl (C=O) groups is 1. The van der Waals surface area contributed by atoms with Gasteiger partial charge in [-0.05, 0) is 38.8 Å². The normalized spacial score (nSPS) is 20.1. The third-order valence-corrected chi connectivity index (χ3v) is 4.18. The van der Waals surface area contributed by atoms with Crippen molar-refractivity contribution < 1.29 is 9.53 Å². The summed E-state index contributed by atoms with van der Waals surface area (Å²) < 4.78 is 5.42. The van der Waals surface area contributed by atoms with Crippen molar-refractivity contribution in [3.8, 4) is 0 Å². The van der Waals surface area contributed by atoms with Crippen LogP contribution in [-0.2, 0) is 9.53 Å². The van der Waals surface area contributed by atoms with Gasteiger partial charge < -0.3 is 14.5 Å². The highest BCUT2D eigenvalue weighted by Gasteiger charge is 2.28. The predicted molar refractivity (Wildman–Crippen MR) is 85.5 cm³/mol. The van der Waals surface area contributed by atoms with Crippen molar-refractivity contribution in [2.75, 3.05) is 31.6 Å². The maximum atomic E-state index is 12.4. The summed E-state index contributed by atoms with van der Waals surface area (Å²) in [6.07, 6.45) is 1.82. The molecule has 1 aromatic carbocycles. The van der Waals surface area contributed by atoms with Crippen LogP contribution in [-0.4, -0.2) is 49.7 Å². The molecule has 116 valence electrons. The number of rotatable bonds is 5. The van der Waals surface area contributed by atoms with E-state index in [0.29, 0.717) is 6.61 Å². The van der Waals surface area contributed by atoms with Gasteiger partial charge >= 0.3 is 0 Å². The van der Waals surface area contributed by atoms with Gasteiger partial charge in [-0.2, -0.15) is 0 Å². The van der Waals surface area contributed by atoms with Crippen molar-refractivity contribution in [2.24, 2.45) is 0 Å². The van der Waals surface area contributed by atoms with E-state index in [1.807, 2.05) is 31.9 Å². The number of anilines is 1. The SMILES string of the molecule is CCO[C@H](C)C(=O)N(C)[C@H]1CCCN(c2ccccc2)C1. The van der Waals surface area contributed by atoms with E-state index in [0.717, 1.165) is 25.9 Å². The molecule has 0 radical (unpaired) electrons. The minimum absolute atomic E-state index is 0.0803. The largest absolute Gasteiger partial charge is 0.369 e. The molecule has 0 aromatic heterocycles. The molecule has 1 aliphatic rings. The van der Waals surface area contributed by atoms with Crippen LogP contribution in [0.15, 0.2) is 30.3 Å². The lowest BCUT2D eigenvalue weighted by atomic mass is 10.0. The molecule has 0 spiro atoms. The van der Waals surface area contributed by atoms with Crippen LogP contribution in [0.25, 0.3) is 0 Å². The predicted octanol–water partition coefficient (Wildman–Crippen LogP) is 2.54. The molecule has 2 atom stereocenters. The molecule has 0 N–H and O–H groups in total. The Hall–Kier alpha value is -1.55. The lowest BCUT2D eigenvalue weighted by molar-refractivity contribution is -0.143. The van der Waals surface area contributed by atoms with Gasteiger partial charge in [-0.25, -0.2) is 0 Å². The fourth-order valence-corrected chi connectivity index (χ4v) is 2.93. The fourth-order valence-electron chi connectivity index (χ4n) is 2.93. The highest BCUT2D eigenvalue weighted by atomic mass is 16.5. The van der Waals surface area contributed by atoms with E-state index in [1.165, 1.54) is 5.69 Å². The molecule has 0 unspecified atom stereocenters. The van der Waals surface area contributed by atoms with Crippen molar-refractivity contribution >= 4 is 11.6 Å². The summed E-state index contributed by atoms with van der Waals surface area (Å²) in [5, 5.41) is 0. The molecule has 21 heavy (non-hydrogen) atoms. The van der Waals surface area contributed by atoms with Gasteiger partial charge in [-0.1, -0.05) is 18.2 Å². The van der Waals surface area contributed by atoms with Gasteiger partial charge in [0.2, 0.25) is 0 Å².